The highest BCUT2D eigenvalue weighted by atomic mass is 16.5. The molecular weight excluding hydrogens is 657 g/mol. The standard InChI is InChI=1S/C51H32N2O/c1-4-15-34(16-5-1)50-52-44(35-29-30-38-39-24-12-17-33-18-13-28-46(48(33)39)54-47(38)31-35)32-45(53-50)41-25-14-27-43-49(41)40-23-10-11-26-42(40)51(43,36-19-6-2-7-20-36)37-21-8-3-9-22-37/h1-32H. The Balaban J connectivity index is 1.15. The number of fused-ring (bicyclic) bond motifs is 5. The molecule has 9 aromatic rings. The lowest BCUT2D eigenvalue weighted by Crippen LogP contribution is -2.28. The highest BCUT2D eigenvalue weighted by Gasteiger charge is 2.46. The van der Waals surface area contributed by atoms with E-state index in [1.54, 1.807) is 0 Å². The van der Waals surface area contributed by atoms with Gasteiger partial charge in [-0.15, -0.1) is 0 Å². The lowest BCUT2D eigenvalue weighted by atomic mass is 9.67. The Morgan fingerprint density at radius 3 is 1.78 bits per heavy atom. The number of benzene rings is 8. The van der Waals surface area contributed by atoms with Crippen LogP contribution in [0.2, 0.25) is 0 Å². The van der Waals surface area contributed by atoms with Crippen molar-refractivity contribution in [3.8, 4) is 67.7 Å². The summed E-state index contributed by atoms with van der Waals surface area (Å²) in [5, 5.41) is 2.32. The molecule has 3 nitrogen and oxygen atoms in total. The molecule has 2 heterocycles. The predicted molar refractivity (Wildman–Crippen MR) is 219 cm³/mol. The van der Waals surface area contributed by atoms with E-state index in [4.69, 9.17) is 14.7 Å². The largest absolute Gasteiger partial charge is 0.456 e. The first-order valence-corrected chi connectivity index (χ1v) is 18.4. The van der Waals surface area contributed by atoms with Gasteiger partial charge in [0.1, 0.15) is 11.5 Å². The SMILES string of the molecule is c1ccc(-c2nc(-c3ccc4c(c3)Oc3cccc5cccc-4c35)cc(-c3cccc4c3-c3ccccc3C4(c3ccccc3)c3ccccc3)n2)cc1. The minimum atomic E-state index is -0.502. The molecule has 0 spiro atoms. The first-order chi connectivity index (χ1) is 26.8. The molecule has 0 atom stereocenters. The van der Waals surface area contributed by atoms with Crippen LogP contribution in [0.1, 0.15) is 22.3 Å². The van der Waals surface area contributed by atoms with Crippen LogP contribution in [0.3, 0.4) is 0 Å². The van der Waals surface area contributed by atoms with Crippen LogP contribution >= 0.6 is 0 Å². The van der Waals surface area contributed by atoms with Gasteiger partial charge in [0.05, 0.1) is 16.8 Å². The van der Waals surface area contributed by atoms with Crippen LogP contribution in [0, 0.1) is 0 Å². The lowest BCUT2D eigenvalue weighted by molar-refractivity contribution is 0.487. The fourth-order valence-corrected chi connectivity index (χ4v) is 8.88. The van der Waals surface area contributed by atoms with Crippen molar-refractivity contribution >= 4 is 10.8 Å². The fourth-order valence-electron chi connectivity index (χ4n) is 8.88. The Labute approximate surface area is 313 Å². The molecule has 8 aromatic carbocycles. The van der Waals surface area contributed by atoms with Gasteiger partial charge in [-0.2, -0.15) is 0 Å². The Hall–Kier alpha value is -7.10. The lowest BCUT2D eigenvalue weighted by Gasteiger charge is -2.33. The van der Waals surface area contributed by atoms with E-state index in [1.165, 1.54) is 44.3 Å². The van der Waals surface area contributed by atoms with E-state index in [2.05, 4.69) is 176 Å². The zero-order chi connectivity index (χ0) is 35.6. The summed E-state index contributed by atoms with van der Waals surface area (Å²) in [5.74, 6) is 2.38. The number of aromatic nitrogens is 2. The van der Waals surface area contributed by atoms with Crippen LogP contribution < -0.4 is 4.74 Å². The van der Waals surface area contributed by atoms with Gasteiger partial charge in [-0.1, -0.05) is 170 Å². The molecule has 1 aliphatic carbocycles. The van der Waals surface area contributed by atoms with Crippen LogP contribution in [0.15, 0.2) is 194 Å². The van der Waals surface area contributed by atoms with E-state index in [-0.39, 0.29) is 0 Å². The number of rotatable bonds is 5. The molecule has 0 bridgehead atoms. The molecule has 252 valence electrons. The smallest absolute Gasteiger partial charge is 0.160 e. The first-order valence-electron chi connectivity index (χ1n) is 18.4. The summed E-state index contributed by atoms with van der Waals surface area (Å²) < 4.78 is 6.60. The minimum absolute atomic E-state index is 0.502. The molecule has 0 radical (unpaired) electrons. The summed E-state index contributed by atoms with van der Waals surface area (Å²) in [7, 11) is 0. The van der Waals surface area contributed by atoms with Gasteiger partial charge in [-0.3, -0.25) is 0 Å². The van der Waals surface area contributed by atoms with Crippen molar-refractivity contribution in [1.82, 2.24) is 9.97 Å². The van der Waals surface area contributed by atoms with E-state index >= 15 is 0 Å². The Morgan fingerprint density at radius 2 is 1.00 bits per heavy atom. The van der Waals surface area contributed by atoms with Crippen molar-refractivity contribution in [2.45, 2.75) is 5.41 Å². The molecule has 0 unspecified atom stereocenters. The van der Waals surface area contributed by atoms with Crippen LogP contribution in [0.25, 0.3) is 66.9 Å². The van der Waals surface area contributed by atoms with Crippen LogP contribution in [-0.2, 0) is 5.41 Å². The van der Waals surface area contributed by atoms with E-state index < -0.39 is 5.41 Å². The second kappa shape index (κ2) is 12.0. The third-order valence-corrected chi connectivity index (χ3v) is 11.2. The van der Waals surface area contributed by atoms with E-state index in [9.17, 15) is 0 Å². The van der Waals surface area contributed by atoms with Crippen molar-refractivity contribution in [1.29, 1.82) is 0 Å². The van der Waals surface area contributed by atoms with Crippen molar-refractivity contribution < 1.29 is 4.74 Å². The summed E-state index contributed by atoms with van der Waals surface area (Å²) in [5.41, 5.74) is 13.9. The molecule has 3 heteroatoms. The zero-order valence-corrected chi connectivity index (χ0v) is 29.3. The molecule has 1 aliphatic heterocycles. The molecule has 1 aromatic heterocycles. The molecule has 0 amide bonds. The molecule has 54 heavy (non-hydrogen) atoms. The molecule has 0 N–H and O–H groups in total. The van der Waals surface area contributed by atoms with Gasteiger partial charge >= 0.3 is 0 Å². The molecule has 0 fully saturated rings. The normalized spacial score (nSPS) is 13.1. The zero-order valence-electron chi connectivity index (χ0n) is 29.3. The average Bonchev–Trinajstić information content (AvgIpc) is 3.56. The number of nitrogens with zero attached hydrogens (tertiary/aromatic N) is 2. The van der Waals surface area contributed by atoms with E-state index in [0.717, 1.165) is 50.5 Å². The van der Waals surface area contributed by atoms with Gasteiger partial charge in [-0.05, 0) is 68.6 Å². The highest BCUT2D eigenvalue weighted by molar-refractivity contribution is 6.04. The molecule has 0 saturated carbocycles. The number of ether oxygens (including phenoxy) is 1. The number of hydrogen-bond donors (Lipinski definition) is 0. The third kappa shape index (κ3) is 4.49. The number of hydrogen-bond acceptors (Lipinski definition) is 3. The first kappa shape index (κ1) is 30.5. The summed E-state index contributed by atoms with van der Waals surface area (Å²) in [6.45, 7) is 0. The summed E-state index contributed by atoms with van der Waals surface area (Å²) >= 11 is 0. The van der Waals surface area contributed by atoms with Crippen molar-refractivity contribution in [3.63, 3.8) is 0 Å². The Kier molecular flexibility index (Phi) is 6.77. The second-order valence-corrected chi connectivity index (χ2v) is 14.1. The van der Waals surface area contributed by atoms with Gasteiger partial charge in [0.15, 0.2) is 5.82 Å². The average molecular weight is 689 g/mol. The molecular formula is C51H32N2O. The van der Waals surface area contributed by atoms with Crippen LogP contribution in [0.5, 0.6) is 11.5 Å². The van der Waals surface area contributed by atoms with Gasteiger partial charge in [-0.25, -0.2) is 9.97 Å². The second-order valence-electron chi connectivity index (χ2n) is 14.1. The maximum absolute atomic E-state index is 6.60. The highest BCUT2D eigenvalue weighted by Crippen LogP contribution is 2.58. The maximum Gasteiger partial charge on any atom is 0.160 e. The van der Waals surface area contributed by atoms with Crippen molar-refractivity contribution in [3.05, 3.63) is 216 Å². The van der Waals surface area contributed by atoms with Gasteiger partial charge < -0.3 is 4.74 Å². The summed E-state index contributed by atoms with van der Waals surface area (Å²) in [4.78, 5) is 10.6. The topological polar surface area (TPSA) is 35.0 Å². The van der Waals surface area contributed by atoms with Crippen molar-refractivity contribution in [2.24, 2.45) is 0 Å². The van der Waals surface area contributed by atoms with Gasteiger partial charge in [0.2, 0.25) is 0 Å². The fraction of sp³-hybridized carbons (Fsp3) is 0.0196. The van der Waals surface area contributed by atoms with E-state index in [1.807, 2.05) is 18.2 Å². The summed E-state index contributed by atoms with van der Waals surface area (Å²) in [6.07, 6.45) is 0. The van der Waals surface area contributed by atoms with Gasteiger partial charge in [0.25, 0.3) is 0 Å². The molecule has 2 aliphatic rings. The molecule has 11 rings (SSSR count). The Bertz CT molecular complexity index is 2860. The van der Waals surface area contributed by atoms with E-state index in [0.29, 0.717) is 5.82 Å². The summed E-state index contributed by atoms with van der Waals surface area (Å²) in [6, 6.07) is 69.0. The Morgan fingerprint density at radius 1 is 0.389 bits per heavy atom. The monoisotopic (exact) mass is 688 g/mol. The van der Waals surface area contributed by atoms with Crippen molar-refractivity contribution in [2.75, 3.05) is 0 Å². The van der Waals surface area contributed by atoms with Crippen LogP contribution in [-0.4, -0.2) is 9.97 Å². The minimum Gasteiger partial charge on any atom is -0.456 e. The van der Waals surface area contributed by atoms with Crippen LogP contribution in [0.4, 0.5) is 0 Å². The third-order valence-electron chi connectivity index (χ3n) is 11.2. The van der Waals surface area contributed by atoms with Gasteiger partial charge in [0, 0.05) is 27.6 Å². The quantitative estimate of drug-likeness (QED) is 0.181. The molecule has 0 saturated heterocycles. The maximum atomic E-state index is 6.60. The predicted octanol–water partition coefficient (Wildman–Crippen LogP) is 12.8.